The van der Waals surface area contributed by atoms with Crippen LogP contribution in [0.15, 0.2) is 67.3 Å². The van der Waals surface area contributed by atoms with Crippen molar-refractivity contribution in [2.24, 2.45) is 0 Å². The first-order chi connectivity index (χ1) is 10.9. The topological polar surface area (TPSA) is 66.5 Å². The Morgan fingerprint density at radius 2 is 1.86 bits per heavy atom. The van der Waals surface area contributed by atoms with Crippen molar-refractivity contribution in [3.05, 3.63) is 67.3 Å². The lowest BCUT2D eigenvalue weighted by Gasteiger charge is -2.05. The molecule has 22 heavy (non-hydrogen) atoms. The Morgan fingerprint density at radius 1 is 0.955 bits per heavy atom. The van der Waals surface area contributed by atoms with Gasteiger partial charge in [0, 0.05) is 35.2 Å². The summed E-state index contributed by atoms with van der Waals surface area (Å²) in [6, 6.07) is 13.8. The number of aromatic amines is 1. The minimum atomic E-state index is 0.576. The number of nitrogens with one attached hydrogen (secondary N) is 2. The Hall–Kier alpha value is -3.21. The van der Waals surface area contributed by atoms with Crippen LogP contribution in [0.1, 0.15) is 0 Å². The Kier molecular flexibility index (Phi) is 3.01. The van der Waals surface area contributed by atoms with Gasteiger partial charge in [-0.3, -0.25) is 4.98 Å². The lowest BCUT2D eigenvalue weighted by atomic mass is 10.1. The Labute approximate surface area is 127 Å². The number of hydrogen-bond acceptors (Lipinski definition) is 4. The molecule has 0 bridgehead atoms. The number of H-pyrrole nitrogens is 1. The number of hydrogen-bond donors (Lipinski definition) is 2. The molecule has 0 unspecified atom stereocenters. The zero-order chi connectivity index (χ0) is 14.8. The van der Waals surface area contributed by atoms with E-state index in [0.29, 0.717) is 5.95 Å². The number of pyridine rings is 1. The second-order valence-electron chi connectivity index (χ2n) is 4.88. The molecule has 0 aliphatic rings. The van der Waals surface area contributed by atoms with Crippen molar-refractivity contribution in [2.45, 2.75) is 0 Å². The standard InChI is InChI=1S/C17H13N5/c1-2-4-12(5-3-1)21-17-19-9-7-15(22-17)14-10-20-16-11-18-8-6-13(14)16/h1-11,20H,(H,19,21,22). The fourth-order valence-corrected chi connectivity index (χ4v) is 2.40. The summed E-state index contributed by atoms with van der Waals surface area (Å²) in [6.07, 6.45) is 7.29. The molecule has 5 nitrogen and oxygen atoms in total. The van der Waals surface area contributed by atoms with E-state index in [0.717, 1.165) is 27.8 Å². The fraction of sp³-hybridized carbons (Fsp3) is 0. The van der Waals surface area contributed by atoms with Gasteiger partial charge in [0.2, 0.25) is 5.95 Å². The lowest BCUT2D eigenvalue weighted by molar-refractivity contribution is 1.17. The molecule has 0 aliphatic heterocycles. The van der Waals surface area contributed by atoms with Gasteiger partial charge in [-0.15, -0.1) is 0 Å². The highest BCUT2D eigenvalue weighted by atomic mass is 15.1. The Balaban J connectivity index is 1.73. The predicted octanol–water partition coefficient (Wildman–Crippen LogP) is 3.76. The number of rotatable bonds is 3. The third kappa shape index (κ3) is 2.29. The van der Waals surface area contributed by atoms with Gasteiger partial charge in [-0.2, -0.15) is 0 Å². The van der Waals surface area contributed by atoms with Crippen molar-refractivity contribution in [3.63, 3.8) is 0 Å². The minimum Gasteiger partial charge on any atom is -0.359 e. The van der Waals surface area contributed by atoms with Crippen LogP contribution >= 0.6 is 0 Å². The molecule has 3 aromatic heterocycles. The summed E-state index contributed by atoms with van der Waals surface area (Å²) in [7, 11) is 0. The first-order valence-electron chi connectivity index (χ1n) is 6.97. The van der Waals surface area contributed by atoms with Crippen molar-refractivity contribution in [3.8, 4) is 11.3 Å². The van der Waals surface area contributed by atoms with Crippen LogP contribution in [0.5, 0.6) is 0 Å². The lowest BCUT2D eigenvalue weighted by Crippen LogP contribution is -1.97. The highest BCUT2D eigenvalue weighted by Crippen LogP contribution is 2.27. The van der Waals surface area contributed by atoms with E-state index in [1.54, 1.807) is 12.4 Å². The molecule has 106 valence electrons. The molecule has 3 heterocycles. The summed E-state index contributed by atoms with van der Waals surface area (Å²) in [5.41, 5.74) is 3.86. The maximum absolute atomic E-state index is 4.60. The molecule has 0 saturated heterocycles. The molecule has 0 atom stereocenters. The van der Waals surface area contributed by atoms with Gasteiger partial charge in [0.25, 0.3) is 0 Å². The SMILES string of the molecule is c1ccc(Nc2nccc(-c3c[nH]c4cnccc34)n2)cc1. The van der Waals surface area contributed by atoms with Crippen molar-refractivity contribution in [2.75, 3.05) is 5.32 Å². The van der Waals surface area contributed by atoms with Crippen LogP contribution in [0.3, 0.4) is 0 Å². The molecule has 4 rings (SSSR count). The largest absolute Gasteiger partial charge is 0.359 e. The average molecular weight is 287 g/mol. The van der Waals surface area contributed by atoms with E-state index in [1.165, 1.54) is 0 Å². The monoisotopic (exact) mass is 287 g/mol. The maximum atomic E-state index is 4.60. The predicted molar refractivity (Wildman–Crippen MR) is 86.8 cm³/mol. The van der Waals surface area contributed by atoms with Crippen molar-refractivity contribution in [1.29, 1.82) is 0 Å². The van der Waals surface area contributed by atoms with Gasteiger partial charge in [-0.25, -0.2) is 9.97 Å². The van der Waals surface area contributed by atoms with Gasteiger partial charge >= 0.3 is 0 Å². The second kappa shape index (κ2) is 5.29. The Morgan fingerprint density at radius 3 is 2.77 bits per heavy atom. The first-order valence-corrected chi connectivity index (χ1v) is 6.97. The van der Waals surface area contributed by atoms with E-state index in [2.05, 4.69) is 25.3 Å². The summed E-state index contributed by atoms with van der Waals surface area (Å²) in [6.45, 7) is 0. The van der Waals surface area contributed by atoms with Crippen LogP contribution < -0.4 is 5.32 Å². The molecule has 2 N–H and O–H groups in total. The van der Waals surface area contributed by atoms with E-state index in [4.69, 9.17) is 0 Å². The smallest absolute Gasteiger partial charge is 0.227 e. The normalized spacial score (nSPS) is 10.7. The zero-order valence-corrected chi connectivity index (χ0v) is 11.7. The highest BCUT2D eigenvalue weighted by Gasteiger charge is 2.08. The molecular weight excluding hydrogens is 274 g/mol. The molecule has 4 aromatic rings. The van der Waals surface area contributed by atoms with Gasteiger partial charge in [0.1, 0.15) is 0 Å². The number of aromatic nitrogens is 4. The molecule has 5 heteroatoms. The quantitative estimate of drug-likeness (QED) is 0.602. The van der Waals surface area contributed by atoms with E-state index in [-0.39, 0.29) is 0 Å². The second-order valence-corrected chi connectivity index (χ2v) is 4.88. The van der Waals surface area contributed by atoms with Crippen LogP contribution in [0.2, 0.25) is 0 Å². The fourth-order valence-electron chi connectivity index (χ4n) is 2.40. The van der Waals surface area contributed by atoms with Crippen molar-refractivity contribution in [1.82, 2.24) is 19.9 Å². The summed E-state index contributed by atoms with van der Waals surface area (Å²) < 4.78 is 0. The number of nitrogens with zero attached hydrogens (tertiary/aromatic N) is 3. The van der Waals surface area contributed by atoms with Crippen LogP contribution in [0.25, 0.3) is 22.2 Å². The molecule has 0 amide bonds. The van der Waals surface area contributed by atoms with Gasteiger partial charge in [-0.1, -0.05) is 18.2 Å². The van der Waals surface area contributed by atoms with Gasteiger partial charge < -0.3 is 10.3 Å². The number of anilines is 2. The molecule has 0 radical (unpaired) electrons. The van der Waals surface area contributed by atoms with Crippen LogP contribution in [-0.4, -0.2) is 19.9 Å². The molecule has 0 fully saturated rings. The van der Waals surface area contributed by atoms with E-state index in [9.17, 15) is 0 Å². The Bertz CT molecular complexity index is 914. The van der Waals surface area contributed by atoms with Crippen LogP contribution in [-0.2, 0) is 0 Å². The third-order valence-electron chi connectivity index (χ3n) is 3.44. The average Bonchev–Trinajstić information content (AvgIpc) is 3.00. The third-order valence-corrected chi connectivity index (χ3v) is 3.44. The van der Waals surface area contributed by atoms with E-state index in [1.807, 2.05) is 54.9 Å². The van der Waals surface area contributed by atoms with Crippen molar-refractivity contribution < 1.29 is 0 Å². The summed E-state index contributed by atoms with van der Waals surface area (Å²) in [4.78, 5) is 16.2. The minimum absolute atomic E-state index is 0.576. The van der Waals surface area contributed by atoms with E-state index < -0.39 is 0 Å². The number of fused-ring (bicyclic) bond motifs is 1. The first kappa shape index (κ1) is 12.5. The van der Waals surface area contributed by atoms with Crippen LogP contribution in [0.4, 0.5) is 11.6 Å². The maximum Gasteiger partial charge on any atom is 0.227 e. The highest BCUT2D eigenvalue weighted by molar-refractivity contribution is 5.94. The van der Waals surface area contributed by atoms with Crippen molar-refractivity contribution >= 4 is 22.5 Å². The molecule has 0 spiro atoms. The van der Waals surface area contributed by atoms with E-state index >= 15 is 0 Å². The molecular formula is C17H13N5. The summed E-state index contributed by atoms with van der Waals surface area (Å²) >= 11 is 0. The molecule has 0 saturated carbocycles. The van der Waals surface area contributed by atoms with Gasteiger partial charge in [-0.05, 0) is 24.3 Å². The van der Waals surface area contributed by atoms with Gasteiger partial charge in [0.05, 0.1) is 17.4 Å². The zero-order valence-electron chi connectivity index (χ0n) is 11.7. The molecule has 1 aromatic carbocycles. The number of benzene rings is 1. The summed E-state index contributed by atoms with van der Waals surface area (Å²) in [5.74, 6) is 0.576. The molecule has 0 aliphatic carbocycles. The van der Waals surface area contributed by atoms with Crippen LogP contribution in [0, 0.1) is 0 Å². The number of para-hydroxylation sites is 1. The van der Waals surface area contributed by atoms with Gasteiger partial charge in [0.15, 0.2) is 0 Å². The summed E-state index contributed by atoms with van der Waals surface area (Å²) in [5, 5.41) is 4.31.